The minimum atomic E-state index is -0.382. The van der Waals surface area contributed by atoms with Gasteiger partial charge < -0.3 is 9.47 Å². The molecule has 7 rings (SSSR count). The number of amides is 2. The van der Waals surface area contributed by atoms with Gasteiger partial charge >= 0.3 is 12.2 Å². The maximum absolute atomic E-state index is 13.2. The molecule has 1 fully saturated rings. The van der Waals surface area contributed by atoms with Gasteiger partial charge in [0.2, 0.25) is 0 Å². The lowest BCUT2D eigenvalue weighted by molar-refractivity contribution is 0.0720. The average molecular weight is 436 g/mol. The van der Waals surface area contributed by atoms with Crippen molar-refractivity contribution < 1.29 is 19.1 Å². The Balaban J connectivity index is 1.58. The highest BCUT2D eigenvalue weighted by atomic mass is 16.6. The SMILES string of the molecule is O=C1Oc2ccc3ccccc3c2[C@@H]2[C@@H]3c4c(ccc5ccccc45)OC(=O)N3CCCN12. The third kappa shape index (κ3) is 2.55. The molecule has 6 nitrogen and oxygen atoms in total. The van der Waals surface area contributed by atoms with Crippen molar-refractivity contribution in [1.82, 2.24) is 9.80 Å². The fourth-order valence-electron chi connectivity index (χ4n) is 5.71. The molecule has 162 valence electrons. The first-order valence-electron chi connectivity index (χ1n) is 11.2. The van der Waals surface area contributed by atoms with Crippen molar-refractivity contribution in [3.05, 3.63) is 83.9 Å². The van der Waals surface area contributed by atoms with E-state index in [1.807, 2.05) is 48.5 Å². The van der Waals surface area contributed by atoms with Gasteiger partial charge in [0.25, 0.3) is 0 Å². The van der Waals surface area contributed by atoms with Crippen LogP contribution in [0.25, 0.3) is 21.5 Å². The fraction of sp³-hybridized carbons (Fsp3) is 0.185. The molecule has 0 spiro atoms. The summed E-state index contributed by atoms with van der Waals surface area (Å²) in [6.45, 7) is 1.01. The molecule has 0 saturated carbocycles. The summed E-state index contributed by atoms with van der Waals surface area (Å²) in [6.07, 6.45) is -0.0899. The van der Waals surface area contributed by atoms with Gasteiger partial charge in [-0.2, -0.15) is 0 Å². The highest BCUT2D eigenvalue weighted by Gasteiger charge is 2.49. The quantitative estimate of drug-likeness (QED) is 0.349. The van der Waals surface area contributed by atoms with Gasteiger partial charge in [-0.3, -0.25) is 9.80 Å². The van der Waals surface area contributed by atoms with Gasteiger partial charge in [-0.1, -0.05) is 60.7 Å². The molecule has 2 atom stereocenters. The number of nitrogens with zero attached hydrogens (tertiary/aromatic N) is 2. The van der Waals surface area contributed by atoms with E-state index in [9.17, 15) is 9.59 Å². The molecule has 3 aliphatic rings. The van der Waals surface area contributed by atoms with E-state index in [1.54, 1.807) is 9.80 Å². The summed E-state index contributed by atoms with van der Waals surface area (Å²) in [4.78, 5) is 30.0. The van der Waals surface area contributed by atoms with Crippen LogP contribution >= 0.6 is 0 Å². The van der Waals surface area contributed by atoms with Gasteiger partial charge in [-0.05, 0) is 40.1 Å². The molecule has 3 heterocycles. The molecule has 6 heteroatoms. The highest BCUT2D eigenvalue weighted by Crippen LogP contribution is 2.53. The molecule has 0 aliphatic carbocycles. The number of rotatable bonds is 0. The summed E-state index contributed by atoms with van der Waals surface area (Å²) in [6, 6.07) is 23.2. The predicted molar refractivity (Wildman–Crippen MR) is 123 cm³/mol. The Labute approximate surface area is 189 Å². The van der Waals surface area contributed by atoms with Crippen molar-refractivity contribution in [3.8, 4) is 11.5 Å². The number of ether oxygens (including phenoxy) is 2. The second-order valence-corrected chi connectivity index (χ2v) is 8.76. The zero-order valence-electron chi connectivity index (χ0n) is 17.7. The molecule has 0 bridgehead atoms. The average Bonchev–Trinajstić information content (AvgIpc) is 3.05. The molecule has 0 unspecified atom stereocenters. The van der Waals surface area contributed by atoms with Crippen LogP contribution in [0, 0.1) is 0 Å². The second kappa shape index (κ2) is 6.72. The molecule has 3 aliphatic heterocycles. The summed E-state index contributed by atoms with van der Waals surface area (Å²) >= 11 is 0. The number of benzene rings is 4. The van der Waals surface area contributed by atoms with Crippen LogP contribution in [-0.2, 0) is 0 Å². The van der Waals surface area contributed by atoms with Gasteiger partial charge in [0.1, 0.15) is 11.5 Å². The largest absolute Gasteiger partial charge is 0.415 e. The third-order valence-electron chi connectivity index (χ3n) is 7.09. The third-order valence-corrected chi connectivity index (χ3v) is 7.09. The van der Waals surface area contributed by atoms with Crippen molar-refractivity contribution in [2.24, 2.45) is 0 Å². The molecule has 4 aromatic carbocycles. The first kappa shape index (κ1) is 18.5. The summed E-state index contributed by atoms with van der Waals surface area (Å²) in [5.74, 6) is 1.12. The second-order valence-electron chi connectivity index (χ2n) is 8.76. The fourth-order valence-corrected chi connectivity index (χ4v) is 5.71. The van der Waals surface area contributed by atoms with Crippen molar-refractivity contribution in [2.45, 2.75) is 18.5 Å². The Hall–Kier alpha value is -4.06. The smallest absolute Gasteiger partial charge is 0.410 e. The first-order valence-corrected chi connectivity index (χ1v) is 11.2. The van der Waals surface area contributed by atoms with Crippen LogP contribution in [0.1, 0.15) is 29.6 Å². The van der Waals surface area contributed by atoms with Crippen LogP contribution in [-0.4, -0.2) is 35.1 Å². The van der Waals surface area contributed by atoms with Crippen molar-refractivity contribution in [1.29, 1.82) is 0 Å². The Kier molecular flexibility index (Phi) is 3.77. The van der Waals surface area contributed by atoms with Crippen LogP contribution in [0.3, 0.4) is 0 Å². The Morgan fingerprint density at radius 3 is 1.55 bits per heavy atom. The summed E-state index contributed by atoms with van der Waals surface area (Å²) in [5, 5.41) is 4.20. The van der Waals surface area contributed by atoms with Gasteiger partial charge in [0, 0.05) is 24.2 Å². The molecule has 0 radical (unpaired) electrons. The van der Waals surface area contributed by atoms with Crippen LogP contribution in [0.15, 0.2) is 72.8 Å². The Morgan fingerprint density at radius 1 is 0.606 bits per heavy atom. The van der Waals surface area contributed by atoms with E-state index in [1.165, 1.54) is 0 Å². The minimum Gasteiger partial charge on any atom is -0.410 e. The van der Waals surface area contributed by atoms with Crippen molar-refractivity contribution in [2.75, 3.05) is 13.1 Å². The topological polar surface area (TPSA) is 59.1 Å². The van der Waals surface area contributed by atoms with E-state index < -0.39 is 0 Å². The van der Waals surface area contributed by atoms with E-state index in [0.717, 1.165) is 32.7 Å². The van der Waals surface area contributed by atoms with E-state index >= 15 is 0 Å². The van der Waals surface area contributed by atoms with E-state index in [-0.39, 0.29) is 24.3 Å². The number of hydrogen-bond acceptors (Lipinski definition) is 4. The van der Waals surface area contributed by atoms with Gasteiger partial charge in [-0.25, -0.2) is 9.59 Å². The highest BCUT2D eigenvalue weighted by molar-refractivity contribution is 5.94. The maximum atomic E-state index is 13.2. The van der Waals surface area contributed by atoms with Crippen molar-refractivity contribution in [3.63, 3.8) is 0 Å². The standard InChI is InChI=1S/C27H20N2O4/c30-26-28-14-5-15-29-25(23-19-9-4-2-7-17(19)11-13-21(23)33-27(29)31)24(28)22-18-8-3-1-6-16(18)10-12-20(22)32-26/h1-4,6-13,24-25H,5,14-15H2/t24-,25+. The van der Waals surface area contributed by atoms with Crippen LogP contribution < -0.4 is 9.47 Å². The Bertz CT molecular complexity index is 1370. The molecular formula is C27H20N2O4. The minimum absolute atomic E-state index is 0.370. The monoisotopic (exact) mass is 436 g/mol. The van der Waals surface area contributed by atoms with Crippen molar-refractivity contribution >= 4 is 33.7 Å². The van der Waals surface area contributed by atoms with Gasteiger partial charge in [0.05, 0.1) is 12.1 Å². The molecule has 33 heavy (non-hydrogen) atoms. The molecule has 2 amide bonds. The number of carbonyl (C=O) groups is 2. The van der Waals surface area contributed by atoms with E-state index in [4.69, 9.17) is 9.47 Å². The molecule has 1 saturated heterocycles. The molecular weight excluding hydrogens is 416 g/mol. The summed E-state index contributed by atoms with van der Waals surface area (Å²) < 4.78 is 11.6. The number of hydrogen-bond donors (Lipinski definition) is 0. The zero-order valence-corrected chi connectivity index (χ0v) is 17.7. The predicted octanol–water partition coefficient (Wildman–Crippen LogP) is 5.81. The number of carbonyl (C=O) groups excluding carboxylic acids is 2. The first-order chi connectivity index (χ1) is 16.2. The lowest BCUT2D eigenvalue weighted by Crippen LogP contribution is -2.48. The van der Waals surface area contributed by atoms with Gasteiger partial charge in [-0.15, -0.1) is 0 Å². The summed E-state index contributed by atoms with van der Waals surface area (Å²) in [5.41, 5.74) is 1.89. The summed E-state index contributed by atoms with van der Waals surface area (Å²) in [7, 11) is 0. The lowest BCUT2D eigenvalue weighted by Gasteiger charge is -2.44. The molecule has 0 N–H and O–H groups in total. The van der Waals surface area contributed by atoms with Gasteiger partial charge in [0.15, 0.2) is 0 Å². The zero-order chi connectivity index (χ0) is 22.1. The molecule has 0 aromatic heterocycles. The Morgan fingerprint density at radius 2 is 1.06 bits per heavy atom. The lowest BCUT2D eigenvalue weighted by atomic mass is 9.84. The van der Waals surface area contributed by atoms with Crippen LogP contribution in [0.5, 0.6) is 11.5 Å². The van der Waals surface area contributed by atoms with E-state index in [0.29, 0.717) is 31.0 Å². The maximum Gasteiger partial charge on any atom is 0.415 e. The molecule has 4 aromatic rings. The number of fused-ring (bicyclic) bond motifs is 11. The van der Waals surface area contributed by atoms with Crippen LogP contribution in [0.2, 0.25) is 0 Å². The van der Waals surface area contributed by atoms with Crippen LogP contribution in [0.4, 0.5) is 9.59 Å². The van der Waals surface area contributed by atoms with E-state index in [2.05, 4.69) is 24.3 Å². The normalized spacial score (nSPS) is 21.5.